The molecule has 1 unspecified atom stereocenters. The molecule has 0 aromatic rings. The van der Waals surface area contributed by atoms with Crippen LogP contribution >= 0.6 is 0 Å². The Morgan fingerprint density at radius 2 is 2.18 bits per heavy atom. The third kappa shape index (κ3) is 7.04. The maximum absolute atomic E-state index is 9.71. The monoisotopic (exact) mass is 151 g/mol. The van der Waals surface area contributed by atoms with Crippen LogP contribution in [0, 0.1) is 5.92 Å². The lowest BCUT2D eigenvalue weighted by atomic mass is 10.1. The van der Waals surface area contributed by atoms with Gasteiger partial charge >= 0.3 is 0 Å². The van der Waals surface area contributed by atoms with Crippen LogP contribution in [-0.4, -0.2) is 6.29 Å². The van der Waals surface area contributed by atoms with Gasteiger partial charge in [-0.25, -0.2) is 0 Å². The van der Waals surface area contributed by atoms with Gasteiger partial charge in [0.15, 0.2) is 0 Å². The predicted octanol–water partition coefficient (Wildman–Crippen LogP) is 2.64. The van der Waals surface area contributed by atoms with E-state index in [4.69, 9.17) is 0 Å². The molecule has 1 nitrogen and oxygen atoms in total. The fraction of sp³-hybridized carbons (Fsp3) is 0.500. The Kier molecular flexibility index (Phi) is 6.70. The summed E-state index contributed by atoms with van der Waals surface area (Å²) in [5.41, 5.74) is 0. The molecule has 0 N–H and O–H groups in total. The molecule has 0 heterocycles. The first kappa shape index (κ1) is 10.2. The number of hydrogen-bond acceptors (Lipinski definition) is 1. The zero-order valence-electron chi connectivity index (χ0n) is 7.21. The first-order valence-corrected chi connectivity index (χ1v) is 4.00. The summed E-state index contributed by atoms with van der Waals surface area (Å²) >= 11 is 0. The third-order valence-corrected chi connectivity index (χ3v) is 1.65. The van der Waals surface area contributed by atoms with E-state index < -0.39 is 0 Å². The van der Waals surface area contributed by atoms with E-state index in [1.54, 1.807) is 12.4 Å². The fourth-order valence-electron chi connectivity index (χ4n) is 0.651. The summed E-state index contributed by atoms with van der Waals surface area (Å²) in [6, 6.07) is 0. The van der Waals surface area contributed by atoms with Crippen LogP contribution in [0.15, 0.2) is 24.3 Å². The minimum Gasteiger partial charge on any atom is -0.286 e. The van der Waals surface area contributed by atoms with Crippen molar-refractivity contribution in [1.82, 2.24) is 0 Å². The highest BCUT2D eigenvalue weighted by Crippen LogP contribution is 2.06. The van der Waals surface area contributed by atoms with Crippen molar-refractivity contribution in [1.29, 1.82) is 0 Å². The summed E-state index contributed by atoms with van der Waals surface area (Å²) in [6.07, 6.45) is 11.0. The van der Waals surface area contributed by atoms with E-state index in [1.807, 2.05) is 6.08 Å². The normalized spacial score (nSPS) is 14.4. The van der Waals surface area contributed by atoms with E-state index in [1.165, 1.54) is 12.5 Å². The topological polar surface area (TPSA) is 17.1 Å². The molecule has 0 amide bonds. The van der Waals surface area contributed by atoms with Crippen LogP contribution in [0.4, 0.5) is 0 Å². The van der Waals surface area contributed by atoms with Gasteiger partial charge < -0.3 is 0 Å². The standard InChI is InChI=1S/C10H15O/c1-3-10(2)8-6-4-5-7-9-11/h4-7,10H,3,8H2,1-2H3/b6-4+,7-5+. The first-order chi connectivity index (χ1) is 5.31. The van der Waals surface area contributed by atoms with Crippen LogP contribution < -0.4 is 0 Å². The Bertz CT molecular complexity index is 145. The van der Waals surface area contributed by atoms with Crippen LogP contribution in [0.25, 0.3) is 0 Å². The Hall–Kier alpha value is -0.850. The van der Waals surface area contributed by atoms with E-state index in [-0.39, 0.29) is 0 Å². The summed E-state index contributed by atoms with van der Waals surface area (Å²) in [7, 11) is 0. The van der Waals surface area contributed by atoms with Crippen molar-refractivity contribution in [3.8, 4) is 0 Å². The Morgan fingerprint density at radius 1 is 1.45 bits per heavy atom. The highest BCUT2D eigenvalue weighted by molar-refractivity contribution is 5.66. The van der Waals surface area contributed by atoms with Crippen molar-refractivity contribution in [3.05, 3.63) is 24.3 Å². The maximum Gasteiger partial charge on any atom is 0.225 e. The van der Waals surface area contributed by atoms with Crippen molar-refractivity contribution in [2.45, 2.75) is 26.7 Å². The zero-order valence-corrected chi connectivity index (χ0v) is 7.21. The van der Waals surface area contributed by atoms with Crippen LogP contribution in [0.1, 0.15) is 26.7 Å². The molecule has 1 radical (unpaired) electrons. The average molecular weight is 151 g/mol. The molecule has 0 rings (SSSR count). The minimum absolute atomic E-state index is 0.736. The zero-order chi connectivity index (χ0) is 8.53. The molecule has 1 atom stereocenters. The molecule has 0 bridgehead atoms. The molecule has 0 spiro atoms. The molecule has 0 aliphatic heterocycles. The van der Waals surface area contributed by atoms with E-state index in [0.717, 1.165) is 12.3 Å². The van der Waals surface area contributed by atoms with Crippen LogP contribution in [-0.2, 0) is 4.79 Å². The first-order valence-electron chi connectivity index (χ1n) is 4.00. The van der Waals surface area contributed by atoms with Crippen LogP contribution in [0.2, 0.25) is 0 Å². The quantitative estimate of drug-likeness (QED) is 0.436. The molecule has 0 saturated heterocycles. The van der Waals surface area contributed by atoms with E-state index >= 15 is 0 Å². The maximum atomic E-state index is 9.71. The summed E-state index contributed by atoms with van der Waals surface area (Å²) < 4.78 is 0. The minimum atomic E-state index is 0.736. The molecule has 0 saturated carbocycles. The molecule has 0 aromatic heterocycles. The summed E-state index contributed by atoms with van der Waals surface area (Å²) in [4.78, 5) is 9.71. The second kappa shape index (κ2) is 7.26. The Balaban J connectivity index is 3.43. The van der Waals surface area contributed by atoms with Gasteiger partial charge in [0.05, 0.1) is 0 Å². The second-order valence-electron chi connectivity index (χ2n) is 2.65. The summed E-state index contributed by atoms with van der Waals surface area (Å²) in [5, 5.41) is 0. The SMILES string of the molecule is CCC(C)C/C=C/C=C/[C]=O. The third-order valence-electron chi connectivity index (χ3n) is 1.65. The number of hydrogen-bond donors (Lipinski definition) is 0. The van der Waals surface area contributed by atoms with Crippen molar-refractivity contribution in [2.24, 2.45) is 5.92 Å². The molecule has 0 aromatic carbocycles. The summed E-state index contributed by atoms with van der Waals surface area (Å²) in [6.45, 7) is 4.38. The average Bonchev–Trinajstić information content (AvgIpc) is 2.04. The molecule has 1 heteroatoms. The van der Waals surface area contributed by atoms with Gasteiger partial charge in [0.25, 0.3) is 0 Å². The molecule has 0 fully saturated rings. The molecule has 0 aliphatic rings. The molecular weight excluding hydrogens is 136 g/mol. The molecular formula is C10H15O. The van der Waals surface area contributed by atoms with Gasteiger partial charge in [-0.05, 0) is 18.4 Å². The van der Waals surface area contributed by atoms with Crippen LogP contribution in [0.3, 0.4) is 0 Å². The Morgan fingerprint density at radius 3 is 2.73 bits per heavy atom. The number of carbonyl (C=O) groups excluding carboxylic acids is 1. The van der Waals surface area contributed by atoms with Gasteiger partial charge in [0.2, 0.25) is 6.29 Å². The second-order valence-corrected chi connectivity index (χ2v) is 2.65. The highest BCUT2D eigenvalue weighted by Gasteiger charge is 1.91. The fourth-order valence-corrected chi connectivity index (χ4v) is 0.651. The van der Waals surface area contributed by atoms with Crippen molar-refractivity contribution in [3.63, 3.8) is 0 Å². The molecule has 61 valence electrons. The van der Waals surface area contributed by atoms with Crippen molar-refractivity contribution < 1.29 is 4.79 Å². The molecule has 0 aliphatic carbocycles. The van der Waals surface area contributed by atoms with Gasteiger partial charge in [-0.3, -0.25) is 4.79 Å². The smallest absolute Gasteiger partial charge is 0.225 e. The van der Waals surface area contributed by atoms with E-state index in [0.29, 0.717) is 0 Å². The Labute approximate surface area is 68.8 Å². The van der Waals surface area contributed by atoms with Gasteiger partial charge in [-0.15, -0.1) is 0 Å². The number of rotatable bonds is 5. The lowest BCUT2D eigenvalue weighted by Crippen LogP contribution is -1.87. The van der Waals surface area contributed by atoms with Crippen molar-refractivity contribution in [2.75, 3.05) is 0 Å². The van der Waals surface area contributed by atoms with Crippen molar-refractivity contribution >= 4 is 6.29 Å². The van der Waals surface area contributed by atoms with Gasteiger partial charge in [-0.1, -0.05) is 38.5 Å². The van der Waals surface area contributed by atoms with E-state index in [9.17, 15) is 4.79 Å². The van der Waals surface area contributed by atoms with Gasteiger partial charge in [0, 0.05) is 0 Å². The lowest BCUT2D eigenvalue weighted by molar-refractivity contribution is 0.564. The lowest BCUT2D eigenvalue weighted by Gasteiger charge is -2.00. The number of allylic oxidation sites excluding steroid dienone is 4. The van der Waals surface area contributed by atoms with E-state index in [2.05, 4.69) is 19.9 Å². The van der Waals surface area contributed by atoms with Gasteiger partial charge in [-0.2, -0.15) is 0 Å². The largest absolute Gasteiger partial charge is 0.286 e. The summed E-state index contributed by atoms with van der Waals surface area (Å²) in [5.74, 6) is 0.736. The van der Waals surface area contributed by atoms with Gasteiger partial charge in [0.1, 0.15) is 0 Å². The highest BCUT2D eigenvalue weighted by atomic mass is 16.1. The molecule has 11 heavy (non-hydrogen) atoms. The predicted molar refractivity (Wildman–Crippen MR) is 48.0 cm³/mol. The van der Waals surface area contributed by atoms with Crippen LogP contribution in [0.5, 0.6) is 0 Å².